The molecule has 1 N–H and O–H groups in total. The normalized spacial score (nSPS) is 18.5. The lowest BCUT2D eigenvalue weighted by Crippen LogP contribution is -2.47. The highest BCUT2D eigenvalue weighted by atomic mass is 16.5. The highest BCUT2D eigenvalue weighted by molar-refractivity contribution is 5.81. The van der Waals surface area contributed by atoms with Crippen molar-refractivity contribution in [3.05, 3.63) is 59.2 Å². The van der Waals surface area contributed by atoms with Gasteiger partial charge in [-0.05, 0) is 51.3 Å². The number of amides is 1. The number of para-hydroxylation sites is 1. The van der Waals surface area contributed by atoms with Crippen molar-refractivity contribution in [1.82, 2.24) is 5.32 Å². The molecule has 1 aliphatic heterocycles. The van der Waals surface area contributed by atoms with Gasteiger partial charge in [0.05, 0.1) is 6.04 Å². The summed E-state index contributed by atoms with van der Waals surface area (Å²) in [7, 11) is 0. The van der Waals surface area contributed by atoms with Gasteiger partial charge in [0.15, 0.2) is 6.10 Å². The van der Waals surface area contributed by atoms with E-state index in [4.69, 9.17) is 9.47 Å². The van der Waals surface area contributed by atoms with Crippen molar-refractivity contribution in [2.75, 3.05) is 0 Å². The Kier molecular flexibility index (Phi) is 5.97. The van der Waals surface area contributed by atoms with Crippen LogP contribution in [0.1, 0.15) is 62.8 Å². The largest absolute Gasteiger partial charge is 0.487 e. The molecule has 28 heavy (non-hydrogen) atoms. The smallest absolute Gasteiger partial charge is 0.261 e. The summed E-state index contributed by atoms with van der Waals surface area (Å²) in [6.07, 6.45) is 1.99. The number of hydrogen-bond donors (Lipinski definition) is 1. The van der Waals surface area contributed by atoms with Crippen molar-refractivity contribution in [2.24, 2.45) is 0 Å². The summed E-state index contributed by atoms with van der Waals surface area (Å²) in [5.41, 5.74) is 3.00. The van der Waals surface area contributed by atoms with E-state index in [-0.39, 0.29) is 17.6 Å². The molecule has 3 rings (SSSR count). The van der Waals surface area contributed by atoms with Crippen LogP contribution in [0, 0.1) is 13.8 Å². The standard InChI is InChI=1S/C24H31NO3/c1-6-24(7-2)15-20(19-10-8-9-11-22(19)28-24)25-23(26)18(5)27-21-13-12-16(3)14-17(21)4/h8-14,18,20H,6-7,15H2,1-5H3,(H,25,26)/t18-,20+/m1/s1. The molecule has 0 bridgehead atoms. The van der Waals surface area contributed by atoms with E-state index in [2.05, 4.69) is 25.2 Å². The maximum Gasteiger partial charge on any atom is 0.261 e. The number of ether oxygens (including phenoxy) is 2. The second-order valence-corrected chi connectivity index (χ2v) is 7.82. The van der Waals surface area contributed by atoms with E-state index < -0.39 is 6.10 Å². The van der Waals surface area contributed by atoms with E-state index in [0.29, 0.717) is 0 Å². The van der Waals surface area contributed by atoms with Gasteiger partial charge in [0.25, 0.3) is 5.91 Å². The Balaban J connectivity index is 1.76. The summed E-state index contributed by atoms with van der Waals surface area (Å²) in [6, 6.07) is 13.9. The molecule has 2 aromatic carbocycles. The van der Waals surface area contributed by atoms with E-state index in [1.165, 1.54) is 5.56 Å². The Morgan fingerprint density at radius 1 is 1.21 bits per heavy atom. The predicted molar refractivity (Wildman–Crippen MR) is 112 cm³/mol. The van der Waals surface area contributed by atoms with E-state index >= 15 is 0 Å². The molecule has 0 spiro atoms. The first-order chi connectivity index (χ1) is 13.4. The minimum atomic E-state index is -0.575. The summed E-state index contributed by atoms with van der Waals surface area (Å²) in [4.78, 5) is 12.9. The number of carbonyl (C=O) groups excluding carboxylic acids is 1. The SMILES string of the molecule is CCC1(CC)C[C@H](NC(=O)[C@@H](C)Oc2ccc(C)cc2C)c2ccccc2O1. The quantitative estimate of drug-likeness (QED) is 0.741. The first-order valence-corrected chi connectivity index (χ1v) is 10.2. The molecule has 1 heterocycles. The van der Waals surface area contributed by atoms with Crippen LogP contribution >= 0.6 is 0 Å². The van der Waals surface area contributed by atoms with Gasteiger partial charge in [-0.25, -0.2) is 0 Å². The molecular formula is C24H31NO3. The molecule has 0 fully saturated rings. The first-order valence-electron chi connectivity index (χ1n) is 10.2. The minimum absolute atomic E-state index is 0.0810. The maximum absolute atomic E-state index is 12.9. The Morgan fingerprint density at radius 3 is 2.61 bits per heavy atom. The molecule has 150 valence electrons. The third kappa shape index (κ3) is 4.16. The lowest BCUT2D eigenvalue weighted by Gasteiger charge is -2.41. The van der Waals surface area contributed by atoms with Gasteiger partial charge >= 0.3 is 0 Å². The number of carbonyl (C=O) groups is 1. The molecular weight excluding hydrogens is 350 g/mol. The molecule has 1 amide bonds. The zero-order valence-corrected chi connectivity index (χ0v) is 17.5. The summed E-state index contributed by atoms with van der Waals surface area (Å²) in [6.45, 7) is 10.1. The topological polar surface area (TPSA) is 47.6 Å². The fourth-order valence-corrected chi connectivity index (χ4v) is 3.89. The van der Waals surface area contributed by atoms with Crippen LogP contribution in [0.5, 0.6) is 11.5 Å². The second-order valence-electron chi connectivity index (χ2n) is 7.82. The van der Waals surface area contributed by atoms with Gasteiger partial charge in [-0.3, -0.25) is 4.79 Å². The predicted octanol–water partition coefficient (Wildman–Crippen LogP) is 5.27. The van der Waals surface area contributed by atoms with Crippen molar-refractivity contribution >= 4 is 5.91 Å². The van der Waals surface area contributed by atoms with E-state index in [9.17, 15) is 4.79 Å². The molecule has 0 saturated heterocycles. The van der Waals surface area contributed by atoms with Gasteiger partial charge < -0.3 is 14.8 Å². The number of hydrogen-bond acceptors (Lipinski definition) is 3. The average Bonchev–Trinajstić information content (AvgIpc) is 2.69. The molecule has 2 aromatic rings. The van der Waals surface area contributed by atoms with Crippen molar-refractivity contribution in [3.63, 3.8) is 0 Å². The third-order valence-electron chi connectivity index (χ3n) is 5.81. The lowest BCUT2D eigenvalue weighted by molar-refractivity contribution is -0.128. The molecule has 2 atom stereocenters. The fraction of sp³-hybridized carbons (Fsp3) is 0.458. The van der Waals surface area contributed by atoms with Gasteiger partial charge in [0.2, 0.25) is 0 Å². The highest BCUT2D eigenvalue weighted by Gasteiger charge is 2.39. The molecule has 0 radical (unpaired) electrons. The number of rotatable bonds is 6. The minimum Gasteiger partial charge on any atom is -0.487 e. The number of benzene rings is 2. The average molecular weight is 382 g/mol. The molecule has 4 nitrogen and oxygen atoms in total. The summed E-state index contributed by atoms with van der Waals surface area (Å²) in [5.74, 6) is 1.51. The summed E-state index contributed by atoms with van der Waals surface area (Å²) >= 11 is 0. The molecule has 1 aliphatic rings. The Labute approximate surface area is 168 Å². The highest BCUT2D eigenvalue weighted by Crippen LogP contribution is 2.42. The summed E-state index contributed by atoms with van der Waals surface area (Å²) in [5, 5.41) is 3.21. The Morgan fingerprint density at radius 2 is 1.93 bits per heavy atom. The van der Waals surface area contributed by atoms with Crippen LogP contribution in [0.4, 0.5) is 0 Å². The van der Waals surface area contributed by atoms with Crippen LogP contribution in [0.3, 0.4) is 0 Å². The number of fused-ring (bicyclic) bond motifs is 1. The Bertz CT molecular complexity index is 841. The fourth-order valence-electron chi connectivity index (χ4n) is 3.89. The van der Waals surface area contributed by atoms with Crippen molar-refractivity contribution in [2.45, 2.75) is 71.6 Å². The maximum atomic E-state index is 12.9. The monoisotopic (exact) mass is 381 g/mol. The van der Waals surface area contributed by atoms with E-state index in [1.54, 1.807) is 6.92 Å². The number of nitrogens with one attached hydrogen (secondary N) is 1. The van der Waals surface area contributed by atoms with Crippen LogP contribution in [0.2, 0.25) is 0 Å². The number of aryl methyl sites for hydroxylation is 2. The molecule has 0 saturated carbocycles. The van der Waals surface area contributed by atoms with Crippen molar-refractivity contribution in [1.29, 1.82) is 0 Å². The van der Waals surface area contributed by atoms with Crippen molar-refractivity contribution in [3.8, 4) is 11.5 Å². The molecule has 0 aromatic heterocycles. The zero-order valence-electron chi connectivity index (χ0n) is 17.5. The van der Waals surface area contributed by atoms with E-state index in [0.717, 1.165) is 41.9 Å². The van der Waals surface area contributed by atoms with Crippen LogP contribution in [-0.2, 0) is 4.79 Å². The third-order valence-corrected chi connectivity index (χ3v) is 5.81. The second kappa shape index (κ2) is 8.26. The molecule has 4 heteroatoms. The first kappa shape index (κ1) is 20.2. The molecule has 0 unspecified atom stereocenters. The van der Waals surface area contributed by atoms with Gasteiger partial charge in [0, 0.05) is 12.0 Å². The van der Waals surface area contributed by atoms with Gasteiger partial charge in [-0.15, -0.1) is 0 Å². The Hall–Kier alpha value is -2.49. The van der Waals surface area contributed by atoms with Gasteiger partial charge in [0.1, 0.15) is 17.1 Å². The van der Waals surface area contributed by atoms with Crippen LogP contribution in [0.15, 0.2) is 42.5 Å². The zero-order chi connectivity index (χ0) is 20.3. The lowest BCUT2D eigenvalue weighted by atomic mass is 9.83. The van der Waals surface area contributed by atoms with Crippen LogP contribution in [-0.4, -0.2) is 17.6 Å². The van der Waals surface area contributed by atoms with Crippen LogP contribution < -0.4 is 14.8 Å². The van der Waals surface area contributed by atoms with Gasteiger partial charge in [-0.2, -0.15) is 0 Å². The van der Waals surface area contributed by atoms with E-state index in [1.807, 2.05) is 50.2 Å². The molecule has 0 aliphatic carbocycles. The van der Waals surface area contributed by atoms with Crippen molar-refractivity contribution < 1.29 is 14.3 Å². The summed E-state index contributed by atoms with van der Waals surface area (Å²) < 4.78 is 12.3. The van der Waals surface area contributed by atoms with Crippen LogP contribution in [0.25, 0.3) is 0 Å². The van der Waals surface area contributed by atoms with Gasteiger partial charge in [-0.1, -0.05) is 49.7 Å².